The van der Waals surface area contributed by atoms with Gasteiger partial charge in [-0.05, 0) is 84.2 Å². The van der Waals surface area contributed by atoms with E-state index in [1.807, 2.05) is 36.4 Å². The first kappa shape index (κ1) is 27.4. The first-order valence-electron chi connectivity index (χ1n) is 14.2. The molecule has 0 radical (unpaired) electrons. The minimum Gasteiger partial charge on any atom is -0.268 e. The summed E-state index contributed by atoms with van der Waals surface area (Å²) in [6, 6.07) is 32.2. The molecule has 0 aliphatic carbocycles. The van der Waals surface area contributed by atoms with E-state index in [2.05, 4.69) is 0 Å². The number of hydrogen-bond acceptors (Lipinski definition) is 7. The lowest BCUT2D eigenvalue weighted by atomic mass is 9.93. The topological polar surface area (TPSA) is 118 Å². The van der Waals surface area contributed by atoms with Crippen LogP contribution in [-0.4, -0.2) is 28.6 Å². The summed E-state index contributed by atoms with van der Waals surface area (Å²) in [7, 11) is 0. The monoisotopic (exact) mass is 621 g/mol. The van der Waals surface area contributed by atoms with E-state index < -0.39 is 16.7 Å². The fourth-order valence-electron chi connectivity index (χ4n) is 6.20. The number of imide groups is 2. The quantitative estimate of drug-likeness (QED) is 0.110. The van der Waals surface area contributed by atoms with Crippen LogP contribution in [0.2, 0.25) is 0 Å². The zero-order chi connectivity index (χ0) is 31.7. The van der Waals surface area contributed by atoms with Crippen LogP contribution in [0.15, 0.2) is 125 Å². The number of amides is 4. The van der Waals surface area contributed by atoms with E-state index in [0.29, 0.717) is 27.9 Å². The molecule has 6 aromatic carbocycles. The summed E-state index contributed by atoms with van der Waals surface area (Å²) in [5.41, 5.74) is 2.08. The summed E-state index contributed by atoms with van der Waals surface area (Å²) < 4.78 is 0. The third kappa shape index (κ3) is 4.04. The number of carbonyl (C=O) groups is 4. The van der Waals surface area contributed by atoms with Crippen molar-refractivity contribution < 1.29 is 24.1 Å². The molecule has 0 spiro atoms. The molecule has 0 N–H and O–H groups in total. The summed E-state index contributed by atoms with van der Waals surface area (Å²) in [5, 5.41) is 13.6. The Kier molecular flexibility index (Phi) is 6.09. The molecule has 2 aliphatic rings. The molecule has 8 rings (SSSR count). The minimum atomic E-state index is -0.555. The van der Waals surface area contributed by atoms with Crippen molar-refractivity contribution in [1.29, 1.82) is 0 Å². The average molecular weight is 622 g/mol. The van der Waals surface area contributed by atoms with Gasteiger partial charge in [0.15, 0.2) is 0 Å². The van der Waals surface area contributed by atoms with Gasteiger partial charge < -0.3 is 0 Å². The van der Waals surface area contributed by atoms with Crippen LogP contribution in [-0.2, 0) is 0 Å². The van der Waals surface area contributed by atoms with Gasteiger partial charge in [-0.3, -0.25) is 29.3 Å². The fourth-order valence-corrected chi connectivity index (χ4v) is 7.02. The van der Waals surface area contributed by atoms with Crippen LogP contribution >= 0.6 is 11.8 Å². The van der Waals surface area contributed by atoms with Crippen molar-refractivity contribution in [2.24, 2.45) is 0 Å². The van der Waals surface area contributed by atoms with Crippen molar-refractivity contribution in [1.82, 2.24) is 0 Å². The second-order valence-electron chi connectivity index (χ2n) is 10.8. The van der Waals surface area contributed by atoms with E-state index in [-0.39, 0.29) is 39.4 Å². The maximum atomic E-state index is 13.5. The molecule has 0 unspecified atom stereocenters. The lowest BCUT2D eigenvalue weighted by Gasteiger charge is -2.27. The summed E-state index contributed by atoms with van der Waals surface area (Å²) in [6.45, 7) is 0. The Morgan fingerprint density at radius 1 is 0.500 bits per heavy atom. The van der Waals surface area contributed by atoms with Crippen LogP contribution in [0.5, 0.6) is 0 Å². The van der Waals surface area contributed by atoms with Crippen molar-refractivity contribution in [3.05, 3.63) is 148 Å². The standard InChI is InChI=1S/C36H19N3O6S/c40-33-26-7-1-4-20-5-2-8-27(31(20)26)34(41)37(33)21-10-14-23(15-11-21)46-24-16-12-22(13-17-24)38-35(42)28-9-3-6-25-30(39(44)45)19-18-29(32(25)28)36(38)43/h1-19H. The molecular formula is C36H19N3O6S. The maximum Gasteiger partial charge on any atom is 0.277 e. The number of nitro benzene ring substituents is 1. The highest BCUT2D eigenvalue weighted by atomic mass is 32.2. The second kappa shape index (κ2) is 10.2. The first-order valence-corrected chi connectivity index (χ1v) is 15.0. The van der Waals surface area contributed by atoms with E-state index in [4.69, 9.17) is 0 Å². The van der Waals surface area contributed by atoms with E-state index in [9.17, 15) is 29.3 Å². The molecule has 0 saturated heterocycles. The van der Waals surface area contributed by atoms with Crippen molar-refractivity contribution in [2.75, 3.05) is 9.80 Å². The minimum absolute atomic E-state index is 0.166. The Balaban J connectivity index is 1.03. The van der Waals surface area contributed by atoms with Crippen molar-refractivity contribution >= 4 is 74.0 Å². The third-order valence-corrected chi connectivity index (χ3v) is 9.29. The van der Waals surface area contributed by atoms with Crippen LogP contribution in [0.4, 0.5) is 17.1 Å². The van der Waals surface area contributed by atoms with Gasteiger partial charge in [0.2, 0.25) is 0 Å². The number of non-ortho nitro benzene ring substituents is 1. The number of carbonyl (C=O) groups excluding carboxylic acids is 4. The number of rotatable bonds is 5. The van der Waals surface area contributed by atoms with Gasteiger partial charge in [0, 0.05) is 48.9 Å². The average Bonchev–Trinajstić information content (AvgIpc) is 3.07. The highest BCUT2D eigenvalue weighted by Crippen LogP contribution is 2.38. The van der Waals surface area contributed by atoms with Gasteiger partial charge >= 0.3 is 0 Å². The Morgan fingerprint density at radius 2 is 0.935 bits per heavy atom. The molecule has 9 nitrogen and oxygen atoms in total. The highest BCUT2D eigenvalue weighted by molar-refractivity contribution is 7.99. The van der Waals surface area contributed by atoms with E-state index in [1.54, 1.807) is 60.7 Å². The molecular weight excluding hydrogens is 602 g/mol. The van der Waals surface area contributed by atoms with Crippen LogP contribution in [0, 0.1) is 10.1 Å². The van der Waals surface area contributed by atoms with Crippen LogP contribution < -0.4 is 9.80 Å². The predicted molar refractivity (Wildman–Crippen MR) is 174 cm³/mol. The first-order chi connectivity index (χ1) is 22.3. The van der Waals surface area contributed by atoms with Crippen LogP contribution in [0.3, 0.4) is 0 Å². The predicted octanol–water partition coefficient (Wildman–Crippen LogP) is 7.65. The molecule has 6 aromatic rings. The lowest BCUT2D eigenvalue weighted by Crippen LogP contribution is -2.40. The summed E-state index contributed by atoms with van der Waals surface area (Å²) in [6.07, 6.45) is 0. The number of benzene rings is 6. The number of nitro groups is 1. The zero-order valence-corrected chi connectivity index (χ0v) is 24.5. The summed E-state index contributed by atoms with van der Waals surface area (Å²) >= 11 is 1.43. The Labute approximate surface area is 264 Å². The normalized spacial score (nSPS) is 14.0. The van der Waals surface area contributed by atoms with Crippen molar-refractivity contribution in [3.8, 4) is 0 Å². The van der Waals surface area contributed by atoms with Gasteiger partial charge in [0.25, 0.3) is 29.3 Å². The van der Waals surface area contributed by atoms with Gasteiger partial charge in [0.1, 0.15) is 0 Å². The van der Waals surface area contributed by atoms with Gasteiger partial charge in [0.05, 0.1) is 21.7 Å². The molecule has 0 aromatic heterocycles. The molecule has 0 atom stereocenters. The van der Waals surface area contributed by atoms with Gasteiger partial charge in [-0.1, -0.05) is 42.1 Å². The molecule has 4 amide bonds. The zero-order valence-electron chi connectivity index (χ0n) is 23.7. The van der Waals surface area contributed by atoms with E-state index in [0.717, 1.165) is 20.1 Å². The molecule has 2 aliphatic heterocycles. The van der Waals surface area contributed by atoms with E-state index >= 15 is 0 Å². The smallest absolute Gasteiger partial charge is 0.268 e. The number of hydrogen-bond donors (Lipinski definition) is 0. The molecule has 0 fully saturated rings. The van der Waals surface area contributed by atoms with Crippen molar-refractivity contribution in [3.63, 3.8) is 0 Å². The fraction of sp³-hybridized carbons (Fsp3) is 0. The molecule has 2 heterocycles. The Morgan fingerprint density at radius 3 is 1.41 bits per heavy atom. The van der Waals surface area contributed by atoms with Crippen LogP contribution in [0.1, 0.15) is 41.4 Å². The molecule has 46 heavy (non-hydrogen) atoms. The van der Waals surface area contributed by atoms with Gasteiger partial charge in [-0.25, -0.2) is 9.80 Å². The molecule has 10 heteroatoms. The molecule has 220 valence electrons. The second-order valence-corrected chi connectivity index (χ2v) is 12.0. The van der Waals surface area contributed by atoms with Gasteiger partial charge in [-0.15, -0.1) is 0 Å². The van der Waals surface area contributed by atoms with E-state index in [1.165, 1.54) is 34.9 Å². The summed E-state index contributed by atoms with van der Waals surface area (Å²) in [4.78, 5) is 68.7. The summed E-state index contributed by atoms with van der Waals surface area (Å²) in [5.74, 6) is -1.85. The van der Waals surface area contributed by atoms with Gasteiger partial charge in [-0.2, -0.15) is 0 Å². The lowest BCUT2D eigenvalue weighted by molar-refractivity contribution is -0.383. The highest BCUT2D eigenvalue weighted by Gasteiger charge is 2.36. The molecule has 0 bridgehead atoms. The largest absolute Gasteiger partial charge is 0.277 e. The Bertz CT molecular complexity index is 2280. The number of nitrogens with zero attached hydrogens (tertiary/aromatic N) is 3. The van der Waals surface area contributed by atoms with Crippen molar-refractivity contribution in [2.45, 2.75) is 9.79 Å². The maximum absolute atomic E-state index is 13.5. The Hall–Kier alpha value is -6.13. The van der Waals surface area contributed by atoms with Crippen LogP contribution in [0.25, 0.3) is 21.5 Å². The SMILES string of the molecule is O=C1c2cccc3cccc(c23)C(=O)N1c1ccc(Sc2ccc(N3C(=O)c4cccc5c([N+](=O)[O-])ccc(c45)C3=O)cc2)cc1. The molecule has 0 saturated carbocycles. The third-order valence-electron chi connectivity index (χ3n) is 8.28. The number of anilines is 2.